The van der Waals surface area contributed by atoms with Gasteiger partial charge in [-0.05, 0) is 39.7 Å². The van der Waals surface area contributed by atoms with Crippen LogP contribution in [0.3, 0.4) is 0 Å². The fraction of sp³-hybridized carbons (Fsp3) is 0.933. The van der Waals surface area contributed by atoms with Crippen molar-refractivity contribution in [1.82, 2.24) is 10.2 Å². The maximum atomic E-state index is 12.2. The lowest BCUT2D eigenvalue weighted by atomic mass is 9.97. The summed E-state index contributed by atoms with van der Waals surface area (Å²) >= 11 is 0. The van der Waals surface area contributed by atoms with Gasteiger partial charge in [-0.15, -0.1) is 0 Å². The van der Waals surface area contributed by atoms with Crippen molar-refractivity contribution in [2.45, 2.75) is 51.7 Å². The fourth-order valence-corrected chi connectivity index (χ4v) is 2.53. The first kappa shape index (κ1) is 17.4. The minimum Gasteiger partial charge on any atom is -0.465 e. The van der Waals surface area contributed by atoms with Crippen LogP contribution in [-0.2, 0) is 14.3 Å². The average Bonchev–Trinajstić information content (AvgIpc) is 2.91. The van der Waals surface area contributed by atoms with E-state index in [0.717, 1.165) is 45.4 Å². The van der Waals surface area contributed by atoms with Crippen molar-refractivity contribution in [3.63, 3.8) is 0 Å². The molecule has 20 heavy (non-hydrogen) atoms. The second kappa shape index (κ2) is 8.60. The lowest BCUT2D eigenvalue weighted by Gasteiger charge is -2.30. The first-order chi connectivity index (χ1) is 9.55. The number of carbonyl (C=O) groups excluding carboxylic acids is 1. The third-order valence-electron chi connectivity index (χ3n) is 3.98. The monoisotopic (exact) mass is 286 g/mol. The Morgan fingerprint density at radius 2 is 2.20 bits per heavy atom. The molecule has 0 aromatic carbocycles. The van der Waals surface area contributed by atoms with Crippen LogP contribution in [0, 0.1) is 0 Å². The molecule has 1 heterocycles. The summed E-state index contributed by atoms with van der Waals surface area (Å²) in [7, 11) is 1.76. The third kappa shape index (κ3) is 5.04. The zero-order chi connectivity index (χ0) is 15.0. The number of esters is 1. The molecule has 0 spiro atoms. The van der Waals surface area contributed by atoms with Crippen LogP contribution < -0.4 is 5.32 Å². The van der Waals surface area contributed by atoms with E-state index in [1.165, 1.54) is 0 Å². The SMILES string of the molecule is CCCNC(C)(CCN1CCC(OC)C1)C(=O)OCC. The fourth-order valence-electron chi connectivity index (χ4n) is 2.53. The van der Waals surface area contributed by atoms with Gasteiger partial charge in [0.05, 0.1) is 12.7 Å². The molecule has 5 nitrogen and oxygen atoms in total. The summed E-state index contributed by atoms with van der Waals surface area (Å²) in [5.74, 6) is -0.143. The summed E-state index contributed by atoms with van der Waals surface area (Å²) in [5, 5.41) is 3.35. The minimum absolute atomic E-state index is 0.143. The molecule has 0 aliphatic carbocycles. The number of likely N-dealkylation sites (tertiary alicyclic amines) is 1. The average molecular weight is 286 g/mol. The molecule has 1 aliphatic heterocycles. The Bertz CT molecular complexity index is 299. The molecule has 2 atom stereocenters. The van der Waals surface area contributed by atoms with E-state index in [0.29, 0.717) is 12.7 Å². The zero-order valence-corrected chi connectivity index (χ0v) is 13.4. The largest absolute Gasteiger partial charge is 0.465 e. The van der Waals surface area contributed by atoms with Gasteiger partial charge in [0.2, 0.25) is 0 Å². The second-order valence-electron chi connectivity index (χ2n) is 5.68. The molecule has 0 aromatic heterocycles. The first-order valence-corrected chi connectivity index (χ1v) is 7.73. The van der Waals surface area contributed by atoms with E-state index < -0.39 is 5.54 Å². The molecule has 0 saturated carbocycles. The van der Waals surface area contributed by atoms with E-state index in [9.17, 15) is 4.79 Å². The quantitative estimate of drug-likeness (QED) is 0.650. The predicted octanol–water partition coefficient (Wildman–Crippen LogP) is 1.42. The smallest absolute Gasteiger partial charge is 0.326 e. The van der Waals surface area contributed by atoms with Gasteiger partial charge in [0.1, 0.15) is 5.54 Å². The van der Waals surface area contributed by atoms with Crippen LogP contribution in [0.1, 0.15) is 40.0 Å². The summed E-state index contributed by atoms with van der Waals surface area (Å²) in [4.78, 5) is 14.5. The number of methoxy groups -OCH3 is 1. The Hall–Kier alpha value is -0.650. The lowest BCUT2D eigenvalue weighted by Crippen LogP contribution is -2.52. The molecule has 0 bridgehead atoms. The van der Waals surface area contributed by atoms with Crippen LogP contribution in [0.2, 0.25) is 0 Å². The standard InChI is InChI=1S/C15H30N2O3/c1-5-9-16-15(3,14(18)20-6-2)8-11-17-10-7-13(12-17)19-4/h13,16H,5-12H2,1-4H3. The van der Waals surface area contributed by atoms with E-state index in [1.54, 1.807) is 7.11 Å². The number of carbonyl (C=O) groups is 1. The maximum absolute atomic E-state index is 12.2. The minimum atomic E-state index is -0.586. The van der Waals surface area contributed by atoms with E-state index in [1.807, 2.05) is 13.8 Å². The molecule has 1 rings (SSSR count). The Morgan fingerprint density at radius 3 is 2.75 bits per heavy atom. The number of rotatable bonds is 9. The van der Waals surface area contributed by atoms with Crippen LogP contribution >= 0.6 is 0 Å². The number of nitrogens with zero attached hydrogens (tertiary/aromatic N) is 1. The van der Waals surface area contributed by atoms with Gasteiger partial charge in [-0.1, -0.05) is 6.92 Å². The van der Waals surface area contributed by atoms with Gasteiger partial charge < -0.3 is 19.7 Å². The topological polar surface area (TPSA) is 50.8 Å². The Balaban J connectivity index is 2.49. The summed E-state index contributed by atoms with van der Waals surface area (Å²) in [6, 6.07) is 0. The summed E-state index contributed by atoms with van der Waals surface area (Å²) < 4.78 is 10.6. The van der Waals surface area contributed by atoms with Gasteiger partial charge in [-0.25, -0.2) is 0 Å². The zero-order valence-electron chi connectivity index (χ0n) is 13.4. The molecule has 1 N–H and O–H groups in total. The van der Waals surface area contributed by atoms with Gasteiger partial charge in [0, 0.05) is 26.7 Å². The summed E-state index contributed by atoms with van der Waals surface area (Å²) in [6.45, 7) is 10.1. The molecule has 1 fully saturated rings. The number of ether oxygens (including phenoxy) is 2. The maximum Gasteiger partial charge on any atom is 0.326 e. The van der Waals surface area contributed by atoms with Crippen molar-refractivity contribution in [2.24, 2.45) is 0 Å². The van der Waals surface area contributed by atoms with Gasteiger partial charge in [-0.3, -0.25) is 4.79 Å². The van der Waals surface area contributed by atoms with Crippen LogP contribution in [0.5, 0.6) is 0 Å². The van der Waals surface area contributed by atoms with Crippen molar-refractivity contribution >= 4 is 5.97 Å². The van der Waals surface area contributed by atoms with Gasteiger partial charge >= 0.3 is 5.97 Å². The van der Waals surface area contributed by atoms with E-state index >= 15 is 0 Å². The summed E-state index contributed by atoms with van der Waals surface area (Å²) in [6.07, 6.45) is 3.19. The molecular weight excluding hydrogens is 256 g/mol. The van der Waals surface area contributed by atoms with Crippen molar-refractivity contribution < 1.29 is 14.3 Å². The highest BCUT2D eigenvalue weighted by molar-refractivity contribution is 5.80. The lowest BCUT2D eigenvalue weighted by molar-refractivity contribution is -0.151. The molecule has 1 saturated heterocycles. The Morgan fingerprint density at radius 1 is 1.45 bits per heavy atom. The van der Waals surface area contributed by atoms with Crippen molar-refractivity contribution in [3.8, 4) is 0 Å². The van der Waals surface area contributed by atoms with Crippen LogP contribution in [-0.4, -0.2) is 62.4 Å². The van der Waals surface area contributed by atoms with Crippen molar-refractivity contribution in [2.75, 3.05) is 39.9 Å². The van der Waals surface area contributed by atoms with Crippen LogP contribution in [0.15, 0.2) is 0 Å². The molecule has 2 unspecified atom stereocenters. The number of hydrogen-bond acceptors (Lipinski definition) is 5. The molecule has 118 valence electrons. The van der Waals surface area contributed by atoms with Crippen molar-refractivity contribution in [1.29, 1.82) is 0 Å². The second-order valence-corrected chi connectivity index (χ2v) is 5.68. The van der Waals surface area contributed by atoms with Gasteiger partial charge in [0.15, 0.2) is 0 Å². The van der Waals surface area contributed by atoms with Crippen molar-refractivity contribution in [3.05, 3.63) is 0 Å². The van der Waals surface area contributed by atoms with Gasteiger partial charge in [0.25, 0.3) is 0 Å². The Labute approximate surface area is 123 Å². The van der Waals surface area contributed by atoms with E-state index in [4.69, 9.17) is 9.47 Å². The van der Waals surface area contributed by atoms with E-state index in [-0.39, 0.29) is 5.97 Å². The molecular formula is C15H30N2O3. The van der Waals surface area contributed by atoms with Gasteiger partial charge in [-0.2, -0.15) is 0 Å². The van der Waals surface area contributed by atoms with Crippen LogP contribution in [0.25, 0.3) is 0 Å². The Kier molecular flexibility index (Phi) is 7.48. The number of hydrogen-bond donors (Lipinski definition) is 1. The summed E-state index contributed by atoms with van der Waals surface area (Å²) in [5.41, 5.74) is -0.586. The normalized spacial score (nSPS) is 22.7. The molecule has 1 aliphatic rings. The molecule has 0 radical (unpaired) electrons. The highest BCUT2D eigenvalue weighted by Gasteiger charge is 2.35. The molecule has 5 heteroatoms. The predicted molar refractivity (Wildman–Crippen MR) is 79.8 cm³/mol. The number of nitrogens with one attached hydrogen (secondary N) is 1. The molecule has 0 amide bonds. The van der Waals surface area contributed by atoms with Crippen LogP contribution in [0.4, 0.5) is 0 Å². The highest BCUT2D eigenvalue weighted by Crippen LogP contribution is 2.17. The third-order valence-corrected chi connectivity index (χ3v) is 3.98. The van der Waals surface area contributed by atoms with E-state index in [2.05, 4.69) is 17.1 Å². The highest BCUT2D eigenvalue weighted by atomic mass is 16.5. The first-order valence-electron chi connectivity index (χ1n) is 7.73. The molecule has 0 aromatic rings.